The van der Waals surface area contributed by atoms with Gasteiger partial charge in [-0.2, -0.15) is 4.98 Å². The predicted molar refractivity (Wildman–Crippen MR) is 95.7 cm³/mol. The standard InChI is InChI=1S/C18H20N6O4/c1-26-12-16-19-17(28-21-16)9-14-10-23(7-8-27-14)18(25)15-11-24(22-20-15)13-5-3-2-4-6-13/h2-6,11,14H,7-10,12H2,1H3/t14-/m1/s1. The first-order chi connectivity index (χ1) is 13.7. The molecule has 0 N–H and O–H groups in total. The van der Waals surface area contributed by atoms with Crippen LogP contribution in [0.4, 0.5) is 0 Å². The topological polar surface area (TPSA) is 108 Å². The van der Waals surface area contributed by atoms with Crippen molar-refractivity contribution >= 4 is 5.91 Å². The van der Waals surface area contributed by atoms with E-state index in [0.717, 1.165) is 5.69 Å². The Hall–Kier alpha value is -3.11. The van der Waals surface area contributed by atoms with Crippen molar-refractivity contribution in [2.45, 2.75) is 19.1 Å². The van der Waals surface area contributed by atoms with Gasteiger partial charge in [0.1, 0.15) is 6.61 Å². The van der Waals surface area contributed by atoms with E-state index in [4.69, 9.17) is 14.0 Å². The molecule has 146 valence electrons. The largest absolute Gasteiger partial charge is 0.377 e. The number of amides is 1. The van der Waals surface area contributed by atoms with Crippen LogP contribution in [-0.2, 0) is 22.5 Å². The quantitative estimate of drug-likeness (QED) is 0.616. The second-order valence-electron chi connectivity index (χ2n) is 6.37. The fraction of sp³-hybridized carbons (Fsp3) is 0.389. The minimum Gasteiger partial charge on any atom is -0.377 e. The third-order valence-electron chi connectivity index (χ3n) is 4.35. The van der Waals surface area contributed by atoms with Gasteiger partial charge in [-0.15, -0.1) is 5.10 Å². The van der Waals surface area contributed by atoms with E-state index in [1.54, 1.807) is 22.9 Å². The summed E-state index contributed by atoms with van der Waals surface area (Å²) in [5, 5.41) is 11.9. The van der Waals surface area contributed by atoms with Gasteiger partial charge in [-0.1, -0.05) is 28.6 Å². The monoisotopic (exact) mass is 384 g/mol. The van der Waals surface area contributed by atoms with E-state index in [1.165, 1.54) is 0 Å². The summed E-state index contributed by atoms with van der Waals surface area (Å²) >= 11 is 0. The van der Waals surface area contributed by atoms with E-state index >= 15 is 0 Å². The third kappa shape index (κ3) is 4.07. The molecule has 10 heteroatoms. The summed E-state index contributed by atoms with van der Waals surface area (Å²) in [4.78, 5) is 18.8. The summed E-state index contributed by atoms with van der Waals surface area (Å²) in [5.41, 5.74) is 1.14. The molecule has 4 rings (SSSR count). The van der Waals surface area contributed by atoms with Crippen LogP contribution in [0.25, 0.3) is 5.69 Å². The van der Waals surface area contributed by atoms with E-state index in [1.807, 2.05) is 30.3 Å². The Kier molecular flexibility index (Phi) is 5.40. The summed E-state index contributed by atoms with van der Waals surface area (Å²) in [6, 6.07) is 9.52. The first kappa shape index (κ1) is 18.3. The molecule has 3 heterocycles. The van der Waals surface area contributed by atoms with Crippen LogP contribution in [0.1, 0.15) is 22.2 Å². The Bertz CT molecular complexity index is 925. The minimum absolute atomic E-state index is 0.180. The summed E-state index contributed by atoms with van der Waals surface area (Å²) < 4.78 is 17.5. The molecule has 0 bridgehead atoms. The Labute approximate surface area is 161 Å². The molecule has 1 atom stereocenters. The van der Waals surface area contributed by atoms with Crippen molar-refractivity contribution in [3.63, 3.8) is 0 Å². The van der Waals surface area contributed by atoms with Crippen molar-refractivity contribution in [2.24, 2.45) is 0 Å². The van der Waals surface area contributed by atoms with Crippen molar-refractivity contribution in [3.05, 3.63) is 53.9 Å². The lowest BCUT2D eigenvalue weighted by molar-refractivity contribution is -0.0239. The number of carbonyl (C=O) groups is 1. The molecule has 3 aromatic rings. The van der Waals surface area contributed by atoms with Gasteiger partial charge < -0.3 is 18.9 Å². The van der Waals surface area contributed by atoms with Crippen LogP contribution < -0.4 is 0 Å². The van der Waals surface area contributed by atoms with E-state index in [9.17, 15) is 4.79 Å². The van der Waals surface area contributed by atoms with E-state index < -0.39 is 0 Å². The summed E-state index contributed by atoms with van der Waals surface area (Å²) in [7, 11) is 1.57. The molecular formula is C18H20N6O4. The lowest BCUT2D eigenvalue weighted by Crippen LogP contribution is -2.46. The summed E-state index contributed by atoms with van der Waals surface area (Å²) in [5.74, 6) is 0.765. The zero-order valence-corrected chi connectivity index (χ0v) is 15.4. The lowest BCUT2D eigenvalue weighted by atomic mass is 10.2. The van der Waals surface area contributed by atoms with E-state index in [0.29, 0.717) is 43.5 Å². The summed E-state index contributed by atoms with van der Waals surface area (Å²) in [6.07, 6.45) is 1.84. The van der Waals surface area contributed by atoms with Crippen LogP contribution >= 0.6 is 0 Å². The van der Waals surface area contributed by atoms with Crippen molar-refractivity contribution in [2.75, 3.05) is 26.8 Å². The van der Waals surface area contributed by atoms with Crippen LogP contribution in [0.3, 0.4) is 0 Å². The molecular weight excluding hydrogens is 364 g/mol. The minimum atomic E-state index is -0.224. The molecule has 1 saturated heterocycles. The number of morpholine rings is 1. The van der Waals surface area contributed by atoms with Gasteiger partial charge in [-0.3, -0.25) is 4.79 Å². The number of rotatable bonds is 6. The number of hydrogen-bond acceptors (Lipinski definition) is 8. The Morgan fingerprint density at radius 2 is 2.18 bits per heavy atom. The highest BCUT2D eigenvalue weighted by Crippen LogP contribution is 2.14. The molecule has 0 aliphatic carbocycles. The van der Waals surface area contributed by atoms with E-state index in [2.05, 4.69) is 20.5 Å². The number of para-hydroxylation sites is 1. The van der Waals surface area contributed by atoms with Gasteiger partial charge in [0, 0.05) is 20.2 Å². The molecule has 1 aliphatic rings. The second-order valence-corrected chi connectivity index (χ2v) is 6.37. The highest BCUT2D eigenvalue weighted by molar-refractivity contribution is 5.92. The zero-order valence-electron chi connectivity index (χ0n) is 15.4. The number of carbonyl (C=O) groups excluding carboxylic acids is 1. The van der Waals surface area contributed by atoms with Gasteiger partial charge in [0.2, 0.25) is 5.89 Å². The maximum Gasteiger partial charge on any atom is 0.276 e. The molecule has 0 saturated carbocycles. The van der Waals surface area contributed by atoms with Crippen molar-refractivity contribution in [1.82, 2.24) is 30.0 Å². The number of benzene rings is 1. The molecule has 0 unspecified atom stereocenters. The Balaban J connectivity index is 1.40. The molecule has 1 aliphatic heterocycles. The van der Waals surface area contributed by atoms with Gasteiger partial charge in [-0.25, -0.2) is 4.68 Å². The lowest BCUT2D eigenvalue weighted by Gasteiger charge is -2.31. The number of hydrogen-bond donors (Lipinski definition) is 0. The molecule has 1 fully saturated rings. The smallest absolute Gasteiger partial charge is 0.276 e. The van der Waals surface area contributed by atoms with Gasteiger partial charge in [0.25, 0.3) is 5.91 Å². The van der Waals surface area contributed by atoms with Crippen LogP contribution in [0, 0.1) is 0 Å². The van der Waals surface area contributed by atoms with Gasteiger partial charge in [-0.05, 0) is 12.1 Å². The summed E-state index contributed by atoms with van der Waals surface area (Å²) in [6.45, 7) is 1.63. The molecule has 10 nitrogen and oxygen atoms in total. The fourth-order valence-corrected chi connectivity index (χ4v) is 3.01. The molecule has 2 aromatic heterocycles. The van der Waals surface area contributed by atoms with Crippen molar-refractivity contribution < 1.29 is 18.8 Å². The van der Waals surface area contributed by atoms with Crippen LogP contribution in [-0.4, -0.2) is 68.9 Å². The maximum atomic E-state index is 12.8. The average molecular weight is 384 g/mol. The number of nitrogens with zero attached hydrogens (tertiary/aromatic N) is 6. The highest BCUT2D eigenvalue weighted by Gasteiger charge is 2.28. The Morgan fingerprint density at radius 1 is 1.32 bits per heavy atom. The molecule has 1 amide bonds. The van der Waals surface area contributed by atoms with Gasteiger partial charge in [0.15, 0.2) is 11.5 Å². The number of methoxy groups -OCH3 is 1. The number of ether oxygens (including phenoxy) is 2. The SMILES string of the molecule is COCc1noc(C[C@@H]2CN(C(=O)c3cn(-c4ccccc4)nn3)CCO2)n1. The number of aromatic nitrogens is 5. The Morgan fingerprint density at radius 3 is 3.00 bits per heavy atom. The van der Waals surface area contributed by atoms with Crippen LogP contribution in [0.2, 0.25) is 0 Å². The fourth-order valence-electron chi connectivity index (χ4n) is 3.01. The van der Waals surface area contributed by atoms with Gasteiger partial charge >= 0.3 is 0 Å². The van der Waals surface area contributed by atoms with Crippen molar-refractivity contribution in [3.8, 4) is 5.69 Å². The second kappa shape index (κ2) is 8.28. The molecule has 0 spiro atoms. The first-order valence-corrected chi connectivity index (χ1v) is 8.92. The first-order valence-electron chi connectivity index (χ1n) is 8.92. The molecule has 0 radical (unpaired) electrons. The van der Waals surface area contributed by atoms with Crippen LogP contribution in [0.15, 0.2) is 41.1 Å². The maximum absolute atomic E-state index is 12.8. The van der Waals surface area contributed by atoms with Gasteiger partial charge in [0.05, 0.1) is 31.0 Å². The molecule has 1 aromatic carbocycles. The van der Waals surface area contributed by atoms with E-state index in [-0.39, 0.29) is 18.6 Å². The molecule has 28 heavy (non-hydrogen) atoms. The van der Waals surface area contributed by atoms with Crippen molar-refractivity contribution in [1.29, 1.82) is 0 Å². The van der Waals surface area contributed by atoms with Crippen LogP contribution in [0.5, 0.6) is 0 Å². The predicted octanol–water partition coefficient (Wildman–Crippen LogP) is 0.880. The third-order valence-corrected chi connectivity index (χ3v) is 4.35. The highest BCUT2D eigenvalue weighted by atomic mass is 16.5. The average Bonchev–Trinajstić information content (AvgIpc) is 3.39. The normalized spacial score (nSPS) is 17.0. The zero-order chi connectivity index (χ0) is 19.3.